The SMILES string of the molecule is CCc1cccc2nc3c(cc12)CCCC3. The average Bonchev–Trinajstić information content (AvgIpc) is 2.35. The maximum Gasteiger partial charge on any atom is 0.0708 e. The summed E-state index contributed by atoms with van der Waals surface area (Å²) in [5.41, 5.74) is 5.44. The molecule has 1 aromatic heterocycles. The number of aromatic nitrogens is 1. The van der Waals surface area contributed by atoms with Gasteiger partial charge in [0.05, 0.1) is 5.52 Å². The van der Waals surface area contributed by atoms with Gasteiger partial charge >= 0.3 is 0 Å². The lowest BCUT2D eigenvalue weighted by molar-refractivity contribution is 0.671. The fraction of sp³-hybridized carbons (Fsp3) is 0.400. The van der Waals surface area contributed by atoms with Crippen LogP contribution in [0.25, 0.3) is 10.9 Å². The van der Waals surface area contributed by atoms with Crippen molar-refractivity contribution in [3.8, 4) is 0 Å². The standard InChI is InChI=1S/C15H17N/c1-2-11-7-5-9-15-13(11)10-12-6-3-4-8-14(12)16-15/h5,7,9-10H,2-4,6,8H2,1H3. The Bertz CT molecular complexity index is 528. The van der Waals surface area contributed by atoms with Crippen molar-refractivity contribution in [2.24, 2.45) is 0 Å². The van der Waals surface area contributed by atoms with Crippen LogP contribution in [0.1, 0.15) is 36.6 Å². The van der Waals surface area contributed by atoms with Crippen LogP contribution in [0, 0.1) is 0 Å². The molecule has 0 saturated carbocycles. The van der Waals surface area contributed by atoms with Crippen LogP contribution < -0.4 is 0 Å². The highest BCUT2D eigenvalue weighted by atomic mass is 14.7. The molecule has 0 fully saturated rings. The molecule has 0 radical (unpaired) electrons. The number of benzene rings is 1. The zero-order valence-electron chi connectivity index (χ0n) is 9.79. The summed E-state index contributed by atoms with van der Waals surface area (Å²) in [5, 5.41) is 1.37. The maximum atomic E-state index is 4.82. The van der Waals surface area contributed by atoms with Crippen molar-refractivity contribution >= 4 is 10.9 Å². The third-order valence-corrected chi connectivity index (χ3v) is 3.61. The molecule has 0 spiro atoms. The van der Waals surface area contributed by atoms with Gasteiger partial charge in [0.2, 0.25) is 0 Å². The van der Waals surface area contributed by atoms with E-state index < -0.39 is 0 Å². The van der Waals surface area contributed by atoms with Gasteiger partial charge in [0.15, 0.2) is 0 Å². The summed E-state index contributed by atoms with van der Waals surface area (Å²) < 4.78 is 0. The highest BCUT2D eigenvalue weighted by molar-refractivity contribution is 5.83. The number of aryl methyl sites for hydroxylation is 3. The quantitative estimate of drug-likeness (QED) is 0.701. The zero-order chi connectivity index (χ0) is 11.0. The van der Waals surface area contributed by atoms with Gasteiger partial charge in [-0.15, -0.1) is 0 Å². The van der Waals surface area contributed by atoms with Crippen LogP contribution in [0.2, 0.25) is 0 Å². The van der Waals surface area contributed by atoms with Gasteiger partial charge in [-0.25, -0.2) is 0 Å². The predicted octanol–water partition coefficient (Wildman–Crippen LogP) is 3.68. The Balaban J connectivity index is 2.27. The van der Waals surface area contributed by atoms with Crippen molar-refractivity contribution in [2.75, 3.05) is 0 Å². The maximum absolute atomic E-state index is 4.82. The molecular weight excluding hydrogens is 194 g/mol. The van der Waals surface area contributed by atoms with Crippen molar-refractivity contribution < 1.29 is 0 Å². The van der Waals surface area contributed by atoms with Crippen molar-refractivity contribution in [3.63, 3.8) is 0 Å². The molecule has 0 saturated heterocycles. The molecule has 0 bridgehead atoms. The van der Waals surface area contributed by atoms with Crippen molar-refractivity contribution in [1.82, 2.24) is 4.98 Å². The summed E-state index contributed by atoms with van der Waals surface area (Å²) in [6.45, 7) is 2.22. The van der Waals surface area contributed by atoms with Crippen LogP contribution in [0.15, 0.2) is 24.3 Å². The molecule has 2 aromatic rings. The smallest absolute Gasteiger partial charge is 0.0708 e. The summed E-state index contributed by atoms with van der Waals surface area (Å²) in [4.78, 5) is 4.82. The highest BCUT2D eigenvalue weighted by Gasteiger charge is 2.12. The number of rotatable bonds is 1. The van der Waals surface area contributed by atoms with Crippen LogP contribution in [-0.4, -0.2) is 4.98 Å². The molecule has 1 heterocycles. The van der Waals surface area contributed by atoms with Gasteiger partial charge in [-0.2, -0.15) is 0 Å². The first-order valence-electron chi connectivity index (χ1n) is 6.29. The molecule has 1 nitrogen and oxygen atoms in total. The topological polar surface area (TPSA) is 12.9 Å². The Morgan fingerprint density at radius 3 is 2.94 bits per heavy atom. The second kappa shape index (κ2) is 3.89. The summed E-state index contributed by atoms with van der Waals surface area (Å²) in [6, 6.07) is 8.88. The van der Waals surface area contributed by atoms with E-state index in [-0.39, 0.29) is 0 Å². The van der Waals surface area contributed by atoms with Gasteiger partial charge in [-0.3, -0.25) is 4.98 Å². The van der Waals surface area contributed by atoms with Crippen LogP contribution >= 0.6 is 0 Å². The van der Waals surface area contributed by atoms with E-state index in [1.54, 1.807) is 0 Å². The van der Waals surface area contributed by atoms with Gasteiger partial charge in [0.25, 0.3) is 0 Å². The monoisotopic (exact) mass is 211 g/mol. The highest BCUT2D eigenvalue weighted by Crippen LogP contribution is 2.26. The fourth-order valence-electron chi connectivity index (χ4n) is 2.69. The summed E-state index contributed by atoms with van der Waals surface area (Å²) in [6.07, 6.45) is 6.11. The molecule has 0 aliphatic heterocycles. The minimum Gasteiger partial charge on any atom is -0.253 e. The van der Waals surface area contributed by atoms with E-state index in [0.29, 0.717) is 0 Å². The lowest BCUT2D eigenvalue weighted by atomic mass is 9.93. The first-order chi connectivity index (χ1) is 7.88. The normalized spacial score (nSPS) is 15.1. The van der Waals surface area contributed by atoms with Gasteiger partial charge in [0, 0.05) is 11.1 Å². The molecule has 3 rings (SSSR count). The molecule has 0 N–H and O–H groups in total. The van der Waals surface area contributed by atoms with E-state index in [4.69, 9.17) is 4.98 Å². The first kappa shape index (κ1) is 9.83. The third-order valence-electron chi connectivity index (χ3n) is 3.61. The molecule has 1 aromatic carbocycles. The number of pyridine rings is 1. The molecule has 82 valence electrons. The van der Waals surface area contributed by atoms with Crippen molar-refractivity contribution in [1.29, 1.82) is 0 Å². The number of fused-ring (bicyclic) bond motifs is 2. The van der Waals surface area contributed by atoms with Crippen LogP contribution in [0.4, 0.5) is 0 Å². The van der Waals surface area contributed by atoms with E-state index in [1.807, 2.05) is 0 Å². The number of hydrogen-bond donors (Lipinski definition) is 0. The number of nitrogens with zero attached hydrogens (tertiary/aromatic N) is 1. The van der Waals surface area contributed by atoms with Crippen LogP contribution in [0.3, 0.4) is 0 Å². The van der Waals surface area contributed by atoms with E-state index in [2.05, 4.69) is 31.2 Å². The Labute approximate surface area is 96.5 Å². The molecule has 1 aliphatic rings. The van der Waals surface area contributed by atoms with Gasteiger partial charge < -0.3 is 0 Å². The molecule has 0 unspecified atom stereocenters. The van der Waals surface area contributed by atoms with E-state index in [9.17, 15) is 0 Å². The van der Waals surface area contributed by atoms with Gasteiger partial charge in [-0.05, 0) is 55.4 Å². The molecule has 0 amide bonds. The molecular formula is C15H17N. The van der Waals surface area contributed by atoms with E-state index >= 15 is 0 Å². The van der Waals surface area contributed by atoms with Gasteiger partial charge in [0.1, 0.15) is 0 Å². The minimum absolute atomic E-state index is 1.10. The lowest BCUT2D eigenvalue weighted by Gasteiger charge is -2.16. The van der Waals surface area contributed by atoms with E-state index in [0.717, 1.165) is 6.42 Å². The van der Waals surface area contributed by atoms with Crippen molar-refractivity contribution in [2.45, 2.75) is 39.0 Å². The van der Waals surface area contributed by atoms with Crippen LogP contribution in [-0.2, 0) is 19.3 Å². The van der Waals surface area contributed by atoms with E-state index in [1.165, 1.54) is 53.4 Å². The Morgan fingerprint density at radius 2 is 2.06 bits per heavy atom. The minimum atomic E-state index is 1.10. The fourth-order valence-corrected chi connectivity index (χ4v) is 2.69. The Kier molecular flexibility index (Phi) is 2.39. The molecule has 1 aliphatic carbocycles. The second-order valence-electron chi connectivity index (χ2n) is 4.64. The largest absolute Gasteiger partial charge is 0.253 e. The van der Waals surface area contributed by atoms with Gasteiger partial charge in [-0.1, -0.05) is 19.1 Å². The average molecular weight is 211 g/mol. The summed E-state index contributed by atoms with van der Waals surface area (Å²) >= 11 is 0. The zero-order valence-corrected chi connectivity index (χ0v) is 9.79. The Hall–Kier alpha value is -1.37. The first-order valence-corrected chi connectivity index (χ1v) is 6.29. The summed E-state index contributed by atoms with van der Waals surface area (Å²) in [5.74, 6) is 0. The Morgan fingerprint density at radius 1 is 1.19 bits per heavy atom. The third kappa shape index (κ3) is 1.51. The molecule has 0 atom stereocenters. The second-order valence-corrected chi connectivity index (χ2v) is 4.64. The predicted molar refractivity (Wildman–Crippen MR) is 67.8 cm³/mol. The van der Waals surface area contributed by atoms with Crippen molar-refractivity contribution in [3.05, 3.63) is 41.1 Å². The number of hydrogen-bond acceptors (Lipinski definition) is 1. The molecule has 16 heavy (non-hydrogen) atoms. The van der Waals surface area contributed by atoms with Crippen LogP contribution in [0.5, 0.6) is 0 Å². The summed E-state index contributed by atoms with van der Waals surface area (Å²) in [7, 11) is 0. The lowest BCUT2D eigenvalue weighted by Crippen LogP contribution is -2.05. The molecule has 1 heteroatoms.